The van der Waals surface area contributed by atoms with Gasteiger partial charge in [0, 0.05) is 6.04 Å². The zero-order chi connectivity index (χ0) is 14.9. The highest BCUT2D eigenvalue weighted by Gasteiger charge is 2.22. The van der Waals surface area contributed by atoms with Crippen LogP contribution < -0.4 is 10.2 Å². The van der Waals surface area contributed by atoms with Gasteiger partial charge in [-0.1, -0.05) is 41.9 Å². The molecule has 2 aromatic carbocycles. The van der Waals surface area contributed by atoms with E-state index >= 15 is 0 Å². The zero-order valence-corrected chi connectivity index (χ0v) is 13.3. The average Bonchev–Trinajstić information content (AvgIpc) is 2.38. The number of fused-ring (bicyclic) bond motifs is 1. The van der Waals surface area contributed by atoms with Gasteiger partial charge in [-0.3, -0.25) is 0 Å². The molecule has 0 unspecified atom stereocenters. The summed E-state index contributed by atoms with van der Waals surface area (Å²) in [4.78, 5) is 0. The zero-order valence-electron chi connectivity index (χ0n) is 12.4. The molecule has 0 amide bonds. The molecule has 0 fully saturated rings. The normalized spacial score (nSPS) is 15.2. The first-order valence-corrected chi connectivity index (χ1v) is 7.91. The molecule has 4 heteroatoms. The summed E-state index contributed by atoms with van der Waals surface area (Å²) in [6.07, 6.45) is 0. The van der Waals surface area contributed by atoms with Crippen LogP contribution in [0.25, 0.3) is 10.8 Å². The van der Waals surface area contributed by atoms with Crippen molar-refractivity contribution in [1.82, 2.24) is 4.72 Å². The highest BCUT2D eigenvalue weighted by molar-refractivity contribution is 7.84. The van der Waals surface area contributed by atoms with Crippen molar-refractivity contribution in [3.63, 3.8) is 0 Å². The van der Waals surface area contributed by atoms with Gasteiger partial charge in [-0.15, -0.1) is 0 Å². The summed E-state index contributed by atoms with van der Waals surface area (Å²) in [6.45, 7) is 7.92. The van der Waals surface area contributed by atoms with Crippen molar-refractivity contribution in [3.05, 3.63) is 42.0 Å². The number of rotatable bonds is 3. The maximum Gasteiger partial charge on any atom is 0.114 e. The van der Waals surface area contributed by atoms with Gasteiger partial charge in [0.2, 0.25) is 0 Å². The smallest absolute Gasteiger partial charge is 0.114 e. The van der Waals surface area contributed by atoms with E-state index in [-0.39, 0.29) is 10.8 Å². The molecular weight excluding hydrogens is 265 g/mol. The lowest BCUT2D eigenvalue weighted by Gasteiger charge is -2.23. The molecule has 0 heterocycles. The molecule has 20 heavy (non-hydrogen) atoms. The second-order valence-corrected chi connectivity index (χ2v) is 8.01. The van der Waals surface area contributed by atoms with E-state index in [0.29, 0.717) is 0 Å². The monoisotopic (exact) mass is 285 g/mol. The van der Waals surface area contributed by atoms with E-state index in [1.807, 2.05) is 58.0 Å². The Morgan fingerprint density at radius 1 is 1.10 bits per heavy atom. The minimum absolute atomic E-state index is 0.000517. The molecule has 0 aliphatic rings. The summed E-state index contributed by atoms with van der Waals surface area (Å²) in [5.74, 6) is 0. The van der Waals surface area contributed by atoms with Crippen LogP contribution in [0, 0.1) is 0 Å². The quantitative estimate of drug-likeness (QED) is 0.863. The standard InChI is InChI=1S/C16H20BNOS/c1-11(18-20(19)16(2,3)4)12-9-10-15(17)14-8-6-5-7-13(12)14/h5-11,18H,1-4H3/t11-,20+/m1/s1. The Bertz CT molecular complexity index is 648. The molecular formula is C16H20BNOS. The lowest BCUT2D eigenvalue weighted by atomic mass is 9.87. The first kappa shape index (κ1) is 15.3. The molecule has 0 saturated carbocycles. The summed E-state index contributed by atoms with van der Waals surface area (Å²) in [5, 5.41) is 2.15. The molecule has 104 valence electrons. The molecule has 0 aliphatic heterocycles. The van der Waals surface area contributed by atoms with E-state index in [2.05, 4.69) is 10.8 Å². The van der Waals surface area contributed by atoms with Gasteiger partial charge in [-0.25, -0.2) is 8.93 Å². The van der Waals surface area contributed by atoms with E-state index in [9.17, 15) is 4.21 Å². The van der Waals surface area contributed by atoms with Crippen LogP contribution in [0.1, 0.15) is 39.3 Å². The molecule has 0 bridgehead atoms. The van der Waals surface area contributed by atoms with E-state index in [1.165, 1.54) is 0 Å². The summed E-state index contributed by atoms with van der Waals surface area (Å²) in [5.41, 5.74) is 1.89. The molecule has 2 radical (unpaired) electrons. The Hall–Kier alpha value is -1.13. The fourth-order valence-corrected chi connectivity index (χ4v) is 2.93. The van der Waals surface area contributed by atoms with Crippen LogP contribution in [0.3, 0.4) is 0 Å². The SMILES string of the molecule is [B]c1ccc([C@@H](C)N[S@@](=O)C(C)(C)C)c2ccccc12. The topological polar surface area (TPSA) is 29.1 Å². The Balaban J connectivity index is 2.38. The van der Waals surface area contributed by atoms with E-state index in [4.69, 9.17) is 7.85 Å². The molecule has 0 aromatic heterocycles. The van der Waals surface area contributed by atoms with Gasteiger partial charge in [0.05, 0.1) is 15.7 Å². The molecule has 0 saturated heterocycles. The molecule has 2 atom stereocenters. The molecule has 0 spiro atoms. The molecule has 2 nitrogen and oxygen atoms in total. The van der Waals surface area contributed by atoms with Gasteiger partial charge in [-0.2, -0.15) is 0 Å². The van der Waals surface area contributed by atoms with Gasteiger partial charge in [-0.05, 0) is 44.0 Å². The van der Waals surface area contributed by atoms with Crippen molar-refractivity contribution in [2.24, 2.45) is 0 Å². The summed E-state index contributed by atoms with van der Waals surface area (Å²) in [7, 11) is 4.92. The van der Waals surface area contributed by atoms with E-state index in [0.717, 1.165) is 21.8 Å². The summed E-state index contributed by atoms with van der Waals surface area (Å²) < 4.78 is 15.1. The number of hydrogen-bond acceptors (Lipinski definition) is 1. The van der Waals surface area contributed by atoms with Gasteiger partial charge in [0.25, 0.3) is 0 Å². The Morgan fingerprint density at radius 3 is 2.30 bits per heavy atom. The van der Waals surface area contributed by atoms with Crippen molar-refractivity contribution >= 4 is 35.1 Å². The molecule has 1 N–H and O–H groups in total. The summed E-state index contributed by atoms with van der Waals surface area (Å²) in [6, 6.07) is 12.0. The van der Waals surface area contributed by atoms with Crippen molar-refractivity contribution in [3.8, 4) is 0 Å². The minimum Gasteiger partial charge on any atom is -0.242 e. The van der Waals surface area contributed by atoms with Crippen LogP contribution in [-0.4, -0.2) is 16.8 Å². The number of hydrogen-bond donors (Lipinski definition) is 1. The van der Waals surface area contributed by atoms with E-state index < -0.39 is 11.0 Å². The first-order chi connectivity index (χ1) is 9.30. The Kier molecular flexibility index (Phi) is 4.35. The van der Waals surface area contributed by atoms with Crippen LogP contribution in [-0.2, 0) is 11.0 Å². The molecule has 0 aliphatic carbocycles. The highest BCUT2D eigenvalue weighted by atomic mass is 32.2. The fourth-order valence-electron chi connectivity index (χ4n) is 2.12. The highest BCUT2D eigenvalue weighted by Crippen LogP contribution is 2.24. The fraction of sp³-hybridized carbons (Fsp3) is 0.375. The Labute approximate surface area is 125 Å². The number of benzene rings is 2. The van der Waals surface area contributed by atoms with Crippen LogP contribution in [0.2, 0.25) is 0 Å². The third-order valence-corrected chi connectivity index (χ3v) is 4.98. The van der Waals surface area contributed by atoms with Crippen molar-refractivity contribution in [2.45, 2.75) is 38.5 Å². The van der Waals surface area contributed by atoms with E-state index in [1.54, 1.807) is 0 Å². The maximum atomic E-state index is 12.2. The minimum atomic E-state index is -1.10. The van der Waals surface area contributed by atoms with Crippen LogP contribution in [0.15, 0.2) is 36.4 Å². The van der Waals surface area contributed by atoms with Gasteiger partial charge < -0.3 is 0 Å². The maximum absolute atomic E-state index is 12.2. The lowest BCUT2D eigenvalue weighted by Crippen LogP contribution is -2.35. The lowest BCUT2D eigenvalue weighted by molar-refractivity contribution is 0.617. The van der Waals surface area contributed by atoms with Crippen LogP contribution in [0.4, 0.5) is 0 Å². The summed E-state index contributed by atoms with van der Waals surface area (Å²) >= 11 is 0. The van der Waals surface area contributed by atoms with Gasteiger partial charge >= 0.3 is 0 Å². The van der Waals surface area contributed by atoms with Crippen molar-refractivity contribution in [2.75, 3.05) is 0 Å². The largest absolute Gasteiger partial charge is 0.242 e. The average molecular weight is 285 g/mol. The van der Waals surface area contributed by atoms with Crippen LogP contribution in [0.5, 0.6) is 0 Å². The predicted molar refractivity (Wildman–Crippen MR) is 88.8 cm³/mol. The second-order valence-electron chi connectivity index (χ2n) is 6.01. The predicted octanol–water partition coefficient (Wildman–Crippen LogP) is 2.75. The van der Waals surface area contributed by atoms with Crippen molar-refractivity contribution < 1.29 is 4.21 Å². The molecule has 2 rings (SSSR count). The van der Waals surface area contributed by atoms with Gasteiger partial charge in [0.1, 0.15) is 7.85 Å². The second kappa shape index (κ2) is 5.70. The van der Waals surface area contributed by atoms with Crippen LogP contribution >= 0.6 is 0 Å². The molecule has 2 aromatic rings. The third kappa shape index (κ3) is 3.13. The van der Waals surface area contributed by atoms with Crippen molar-refractivity contribution in [1.29, 1.82) is 0 Å². The third-order valence-electron chi connectivity index (χ3n) is 3.30. The first-order valence-electron chi connectivity index (χ1n) is 6.76. The van der Waals surface area contributed by atoms with Gasteiger partial charge in [0.15, 0.2) is 0 Å². The number of nitrogens with one attached hydrogen (secondary N) is 1. The Morgan fingerprint density at radius 2 is 1.70 bits per heavy atom.